The molecule has 10 rings (SSSR count). The van der Waals surface area contributed by atoms with Gasteiger partial charge in [0.15, 0.2) is 25.2 Å². The Balaban J connectivity index is 0.000000145. The van der Waals surface area contributed by atoms with Crippen LogP contribution in [0.2, 0.25) is 0 Å². The number of hydrogen-bond donors (Lipinski definition) is 0. The van der Waals surface area contributed by atoms with E-state index in [1.54, 1.807) is 25.3 Å². The van der Waals surface area contributed by atoms with Gasteiger partial charge in [-0.3, -0.25) is 0 Å². The molecule has 2 spiro atoms. The van der Waals surface area contributed by atoms with Crippen LogP contribution in [0.5, 0.6) is 11.5 Å². The van der Waals surface area contributed by atoms with Gasteiger partial charge in [0.1, 0.15) is 11.5 Å². The van der Waals surface area contributed by atoms with Gasteiger partial charge in [-0.25, -0.2) is 0 Å². The summed E-state index contributed by atoms with van der Waals surface area (Å²) in [5.41, 5.74) is 6.46. The molecule has 4 saturated carbocycles. The Morgan fingerprint density at radius 1 is 0.636 bits per heavy atom. The Morgan fingerprint density at radius 2 is 1.18 bits per heavy atom. The van der Waals surface area contributed by atoms with E-state index < -0.39 is 0 Å². The van der Waals surface area contributed by atoms with Crippen molar-refractivity contribution >= 4 is 11.8 Å². The molecule has 0 bridgehead atoms. The maximum Gasteiger partial charge on any atom is 0.188 e. The molecule has 8 atom stereocenters. The number of methoxy groups -OCH3 is 2. The van der Waals surface area contributed by atoms with Gasteiger partial charge < -0.3 is 37.9 Å². The van der Waals surface area contributed by atoms with Gasteiger partial charge in [0.25, 0.3) is 0 Å². The smallest absolute Gasteiger partial charge is 0.188 e. The molecule has 8 nitrogen and oxygen atoms in total. The van der Waals surface area contributed by atoms with Crippen molar-refractivity contribution in [3.05, 3.63) is 52.6 Å². The number of rotatable bonds is 8. The van der Waals surface area contributed by atoms with E-state index in [0.29, 0.717) is 31.3 Å². The highest BCUT2D eigenvalue weighted by molar-refractivity contribution is 7.99. The third kappa shape index (κ3) is 6.31. The molecule has 0 amide bonds. The second-order valence-electron chi connectivity index (χ2n) is 18.1. The van der Waals surface area contributed by atoms with Gasteiger partial charge in [0.05, 0.1) is 26.4 Å². The molecular formula is C46H64O8S. The maximum atomic E-state index is 6.27. The van der Waals surface area contributed by atoms with E-state index in [9.17, 15) is 0 Å². The zero-order valence-corrected chi connectivity index (χ0v) is 34.8. The van der Waals surface area contributed by atoms with E-state index in [0.717, 1.165) is 87.1 Å². The van der Waals surface area contributed by atoms with Crippen molar-refractivity contribution in [3.8, 4) is 11.5 Å². The van der Waals surface area contributed by atoms with Gasteiger partial charge >= 0.3 is 0 Å². The highest BCUT2D eigenvalue weighted by Crippen LogP contribution is 2.68. The molecule has 302 valence electrons. The van der Waals surface area contributed by atoms with E-state index in [4.69, 9.17) is 37.9 Å². The molecule has 55 heavy (non-hydrogen) atoms. The molecule has 2 aromatic carbocycles. The molecule has 0 radical (unpaired) electrons. The molecule has 6 fully saturated rings. The van der Waals surface area contributed by atoms with Crippen LogP contribution in [0.25, 0.3) is 0 Å². The van der Waals surface area contributed by atoms with Crippen molar-refractivity contribution in [2.45, 2.75) is 126 Å². The standard InChI is InChI=1S/C24H34O4S.C22H30O4/c1-4-29-22-14-19-16(13-21(22)26-15-25-3)5-6-18-17(19)7-9-23(2)20(18)8-10-24(23)27-11-12-28-24;1-21-9-7-18-17-6-4-16(24-14-23-2)13-15(17)3-5-19(18)20(21)8-10-22(21)25-11-12-26-22/h13-14,17-18,20H,4-12,15H2,1-3H3;4,6,13,18-20H,3,5,7-12,14H2,1-2H3/t17?,18?,20?,23-;18?,19?,20?,21-/m00/s1. The zero-order valence-electron chi connectivity index (χ0n) is 34.0. The highest BCUT2D eigenvalue weighted by atomic mass is 32.2. The predicted molar refractivity (Wildman–Crippen MR) is 213 cm³/mol. The monoisotopic (exact) mass is 776 g/mol. The number of hydrogen-bond acceptors (Lipinski definition) is 9. The molecule has 8 aliphatic rings. The van der Waals surface area contributed by atoms with E-state index in [1.807, 2.05) is 11.8 Å². The van der Waals surface area contributed by atoms with Crippen LogP contribution in [0.15, 0.2) is 35.2 Å². The lowest BCUT2D eigenvalue weighted by molar-refractivity contribution is -0.237. The molecule has 6 unspecified atom stereocenters. The topological polar surface area (TPSA) is 73.8 Å². The van der Waals surface area contributed by atoms with E-state index in [-0.39, 0.29) is 22.4 Å². The lowest BCUT2D eigenvalue weighted by atomic mass is 9.55. The van der Waals surface area contributed by atoms with E-state index >= 15 is 0 Å². The maximum absolute atomic E-state index is 6.27. The quantitative estimate of drug-likeness (QED) is 0.193. The first-order valence-electron chi connectivity index (χ1n) is 21.5. The van der Waals surface area contributed by atoms with Crippen LogP contribution >= 0.6 is 11.8 Å². The lowest BCUT2D eigenvalue weighted by Crippen LogP contribution is -2.51. The summed E-state index contributed by atoms with van der Waals surface area (Å²) < 4.78 is 46.8. The van der Waals surface area contributed by atoms with Crippen molar-refractivity contribution in [2.75, 3.05) is 60.0 Å². The fourth-order valence-electron chi connectivity index (χ4n) is 13.6. The number of benzene rings is 2. The molecule has 0 N–H and O–H groups in total. The SMILES string of the molecule is CCSc1cc2c(cc1OCOC)CCC1C2CC[C@@]2(C)C1CCC21OCCO1.COCOc1ccc2c(c1)CCC1C2CC[C@@]2(C)C1CCC21OCCO1. The summed E-state index contributed by atoms with van der Waals surface area (Å²) in [5, 5.41) is 0. The average molecular weight is 777 g/mol. The van der Waals surface area contributed by atoms with Crippen molar-refractivity contribution in [3.63, 3.8) is 0 Å². The minimum atomic E-state index is -0.302. The van der Waals surface area contributed by atoms with Crippen molar-refractivity contribution in [1.29, 1.82) is 0 Å². The van der Waals surface area contributed by atoms with Crippen LogP contribution in [0, 0.1) is 34.5 Å². The second-order valence-corrected chi connectivity index (χ2v) is 19.4. The van der Waals surface area contributed by atoms with Crippen molar-refractivity contribution < 1.29 is 37.9 Å². The van der Waals surface area contributed by atoms with Crippen LogP contribution in [0.4, 0.5) is 0 Å². The minimum Gasteiger partial charge on any atom is -0.468 e. The molecule has 2 aromatic rings. The zero-order chi connectivity index (χ0) is 37.8. The molecule has 6 aliphatic carbocycles. The van der Waals surface area contributed by atoms with Crippen LogP contribution in [-0.4, -0.2) is 71.6 Å². The summed E-state index contributed by atoms with van der Waals surface area (Å²) in [5.74, 6) is 6.67. The van der Waals surface area contributed by atoms with Crippen LogP contribution in [-0.2, 0) is 41.3 Å². The van der Waals surface area contributed by atoms with Crippen molar-refractivity contribution in [1.82, 2.24) is 0 Å². The number of thioether (sulfide) groups is 1. The molecule has 2 heterocycles. The first kappa shape index (κ1) is 38.7. The summed E-state index contributed by atoms with van der Waals surface area (Å²) in [6.07, 6.45) is 14.4. The Hall–Kier alpha value is -1.85. The molecule has 0 aromatic heterocycles. The minimum absolute atomic E-state index is 0.171. The van der Waals surface area contributed by atoms with Gasteiger partial charge in [-0.1, -0.05) is 26.8 Å². The van der Waals surface area contributed by atoms with E-state index in [2.05, 4.69) is 51.1 Å². The lowest BCUT2D eigenvalue weighted by Gasteiger charge is -2.52. The molecule has 9 heteroatoms. The summed E-state index contributed by atoms with van der Waals surface area (Å²) in [7, 11) is 3.34. The summed E-state index contributed by atoms with van der Waals surface area (Å²) in [4.78, 5) is 1.27. The molecule has 2 saturated heterocycles. The normalized spacial score (nSPS) is 35.9. The van der Waals surface area contributed by atoms with E-state index in [1.165, 1.54) is 67.4 Å². The third-order valence-corrected chi connectivity index (χ3v) is 17.0. The predicted octanol–water partition coefficient (Wildman–Crippen LogP) is 9.65. The van der Waals surface area contributed by atoms with Crippen LogP contribution < -0.4 is 9.47 Å². The third-order valence-electron chi connectivity index (χ3n) is 16.1. The van der Waals surface area contributed by atoms with Gasteiger partial charge in [-0.05, 0) is 152 Å². The molecule has 2 aliphatic heterocycles. The Morgan fingerprint density at radius 3 is 1.75 bits per heavy atom. The van der Waals surface area contributed by atoms with Gasteiger partial charge in [0.2, 0.25) is 0 Å². The van der Waals surface area contributed by atoms with Crippen LogP contribution in [0.1, 0.15) is 119 Å². The first-order valence-corrected chi connectivity index (χ1v) is 22.5. The van der Waals surface area contributed by atoms with Gasteiger partial charge in [0, 0.05) is 42.8 Å². The Labute approximate surface area is 333 Å². The summed E-state index contributed by atoms with van der Waals surface area (Å²) >= 11 is 1.88. The number of ether oxygens (including phenoxy) is 8. The Bertz CT molecular complexity index is 1690. The van der Waals surface area contributed by atoms with Gasteiger partial charge in [-0.2, -0.15) is 0 Å². The largest absolute Gasteiger partial charge is 0.468 e. The summed E-state index contributed by atoms with van der Waals surface area (Å²) in [6, 6.07) is 11.4. The first-order chi connectivity index (χ1) is 26.8. The number of fused-ring (bicyclic) bond motifs is 12. The van der Waals surface area contributed by atoms with Crippen LogP contribution in [0.3, 0.4) is 0 Å². The highest BCUT2D eigenvalue weighted by Gasteiger charge is 2.66. The fourth-order valence-corrected chi connectivity index (χ4v) is 14.4. The van der Waals surface area contributed by atoms with Crippen molar-refractivity contribution in [2.24, 2.45) is 34.5 Å². The second kappa shape index (κ2) is 15.4. The number of aryl methyl sites for hydroxylation is 2. The summed E-state index contributed by atoms with van der Waals surface area (Å²) in [6.45, 7) is 10.8. The average Bonchev–Trinajstić information content (AvgIpc) is 4.01. The molecular weight excluding hydrogens is 713 g/mol. The fraction of sp³-hybridized carbons (Fsp3) is 0.739. The Kier molecular flexibility index (Phi) is 10.8. The van der Waals surface area contributed by atoms with Gasteiger partial charge in [-0.15, -0.1) is 11.8 Å².